The zero-order chi connectivity index (χ0) is 12.7. The SMILES string of the molecule is N[C@@H](CC(C=CC(=O)C(=O)O)=C[O-])C(=O)O. The number of allylic oxidation sites excluding steroid dienone is 1. The van der Waals surface area contributed by atoms with Crippen LogP contribution in [0, 0.1) is 0 Å². The highest BCUT2D eigenvalue weighted by Gasteiger charge is 2.12. The zero-order valence-electron chi connectivity index (χ0n) is 8.12. The van der Waals surface area contributed by atoms with E-state index in [0.29, 0.717) is 12.3 Å². The van der Waals surface area contributed by atoms with Gasteiger partial charge in [0.25, 0.3) is 5.78 Å². The Labute approximate surface area is 90.5 Å². The lowest BCUT2D eigenvalue weighted by Gasteiger charge is -2.08. The van der Waals surface area contributed by atoms with E-state index in [1.165, 1.54) is 0 Å². The minimum Gasteiger partial charge on any atom is -0.878 e. The second-order valence-electron chi connectivity index (χ2n) is 2.84. The van der Waals surface area contributed by atoms with Gasteiger partial charge in [-0.1, -0.05) is 11.6 Å². The molecule has 0 saturated carbocycles. The molecular formula is C9H10NO6-. The molecule has 0 rings (SSSR count). The Bertz CT molecular complexity index is 357. The van der Waals surface area contributed by atoms with Crippen molar-refractivity contribution in [2.45, 2.75) is 12.5 Å². The van der Waals surface area contributed by atoms with E-state index in [1.807, 2.05) is 0 Å². The second-order valence-corrected chi connectivity index (χ2v) is 2.84. The third-order valence-corrected chi connectivity index (χ3v) is 1.58. The Morgan fingerprint density at radius 1 is 1.25 bits per heavy atom. The molecule has 0 aliphatic heterocycles. The molecule has 1 atom stereocenters. The smallest absolute Gasteiger partial charge is 0.376 e. The van der Waals surface area contributed by atoms with Gasteiger partial charge >= 0.3 is 11.9 Å². The Hall–Kier alpha value is -2.15. The van der Waals surface area contributed by atoms with Gasteiger partial charge in [-0.05, 0) is 12.5 Å². The number of carbonyl (C=O) groups excluding carboxylic acids is 1. The number of ketones is 1. The van der Waals surface area contributed by atoms with Crippen LogP contribution >= 0.6 is 0 Å². The molecule has 0 spiro atoms. The molecule has 0 heterocycles. The van der Waals surface area contributed by atoms with Gasteiger partial charge in [0.1, 0.15) is 6.04 Å². The van der Waals surface area contributed by atoms with E-state index in [0.717, 1.165) is 6.08 Å². The molecule has 88 valence electrons. The van der Waals surface area contributed by atoms with E-state index in [9.17, 15) is 19.5 Å². The number of hydrogen-bond acceptors (Lipinski definition) is 5. The summed E-state index contributed by atoms with van der Waals surface area (Å²) in [7, 11) is 0. The van der Waals surface area contributed by atoms with E-state index < -0.39 is 23.8 Å². The van der Waals surface area contributed by atoms with Gasteiger partial charge in [-0.2, -0.15) is 0 Å². The molecule has 0 unspecified atom stereocenters. The van der Waals surface area contributed by atoms with Crippen LogP contribution in [-0.2, 0) is 14.4 Å². The molecule has 0 fully saturated rings. The van der Waals surface area contributed by atoms with E-state index in [2.05, 4.69) is 0 Å². The molecule has 0 aromatic carbocycles. The fraction of sp³-hybridized carbons (Fsp3) is 0.222. The van der Waals surface area contributed by atoms with Gasteiger partial charge in [-0.25, -0.2) is 4.79 Å². The van der Waals surface area contributed by atoms with Crippen molar-refractivity contribution in [2.75, 3.05) is 0 Å². The van der Waals surface area contributed by atoms with Crippen molar-refractivity contribution < 1.29 is 29.7 Å². The highest BCUT2D eigenvalue weighted by Crippen LogP contribution is 2.04. The van der Waals surface area contributed by atoms with Crippen LogP contribution in [0.3, 0.4) is 0 Å². The summed E-state index contributed by atoms with van der Waals surface area (Å²) < 4.78 is 0. The summed E-state index contributed by atoms with van der Waals surface area (Å²) in [5.41, 5.74) is 5.08. The highest BCUT2D eigenvalue weighted by molar-refractivity contribution is 6.37. The minimum absolute atomic E-state index is 0.0653. The molecule has 0 amide bonds. The van der Waals surface area contributed by atoms with Gasteiger partial charge in [0.15, 0.2) is 0 Å². The normalized spacial score (nSPS) is 13.7. The summed E-state index contributed by atoms with van der Waals surface area (Å²) in [6.45, 7) is 0. The van der Waals surface area contributed by atoms with Gasteiger partial charge in [0.2, 0.25) is 0 Å². The maximum Gasteiger partial charge on any atom is 0.376 e. The minimum atomic E-state index is -1.66. The van der Waals surface area contributed by atoms with Crippen LogP contribution in [0.5, 0.6) is 0 Å². The molecule has 4 N–H and O–H groups in total. The van der Waals surface area contributed by atoms with Crippen LogP contribution in [0.4, 0.5) is 0 Å². The predicted octanol–water partition coefficient (Wildman–Crippen LogP) is -1.76. The van der Waals surface area contributed by atoms with Crippen molar-refractivity contribution in [1.82, 2.24) is 0 Å². The van der Waals surface area contributed by atoms with Crippen molar-refractivity contribution in [1.29, 1.82) is 0 Å². The van der Waals surface area contributed by atoms with E-state index >= 15 is 0 Å². The quantitative estimate of drug-likeness (QED) is 0.211. The molecule has 16 heavy (non-hydrogen) atoms. The number of nitrogens with two attached hydrogens (primary N) is 1. The molecule has 0 saturated heterocycles. The summed E-state index contributed by atoms with van der Waals surface area (Å²) in [5.74, 6) is -4.16. The number of carboxylic acids is 2. The summed E-state index contributed by atoms with van der Waals surface area (Å²) in [6.07, 6.45) is 1.64. The largest absolute Gasteiger partial charge is 0.878 e. The van der Waals surface area contributed by atoms with Gasteiger partial charge in [-0.3, -0.25) is 9.59 Å². The molecule has 0 aromatic rings. The van der Waals surface area contributed by atoms with E-state index in [-0.39, 0.29) is 12.0 Å². The van der Waals surface area contributed by atoms with Crippen molar-refractivity contribution in [2.24, 2.45) is 5.73 Å². The number of aliphatic carboxylic acids is 2. The maximum absolute atomic E-state index is 10.6. The van der Waals surface area contributed by atoms with Gasteiger partial charge in [0, 0.05) is 0 Å². The van der Waals surface area contributed by atoms with Crippen LogP contribution in [0.1, 0.15) is 6.42 Å². The first-order valence-corrected chi connectivity index (χ1v) is 4.13. The Morgan fingerprint density at radius 3 is 2.19 bits per heavy atom. The van der Waals surface area contributed by atoms with Crippen molar-refractivity contribution in [3.8, 4) is 0 Å². The number of carbonyl (C=O) groups is 3. The summed E-state index contributed by atoms with van der Waals surface area (Å²) in [6, 6.07) is -1.27. The predicted molar refractivity (Wildman–Crippen MR) is 50.1 cm³/mol. The second kappa shape index (κ2) is 6.36. The lowest BCUT2D eigenvalue weighted by molar-refractivity contribution is -0.276. The monoisotopic (exact) mass is 228 g/mol. The molecule has 0 aromatic heterocycles. The maximum atomic E-state index is 10.6. The molecule has 7 nitrogen and oxygen atoms in total. The van der Waals surface area contributed by atoms with Crippen molar-refractivity contribution >= 4 is 17.7 Å². The summed E-state index contributed by atoms with van der Waals surface area (Å²) in [5, 5.41) is 27.1. The fourth-order valence-corrected chi connectivity index (χ4v) is 0.751. The summed E-state index contributed by atoms with van der Waals surface area (Å²) >= 11 is 0. The Kier molecular flexibility index (Phi) is 5.50. The average Bonchev–Trinajstić information content (AvgIpc) is 2.22. The first-order chi connectivity index (χ1) is 7.38. The topological polar surface area (TPSA) is 141 Å². The molecule has 0 aliphatic carbocycles. The molecule has 0 radical (unpaired) electrons. The molecule has 0 bridgehead atoms. The lowest BCUT2D eigenvalue weighted by atomic mass is 10.1. The molecular weight excluding hydrogens is 218 g/mol. The van der Waals surface area contributed by atoms with Gasteiger partial charge < -0.3 is 21.1 Å². The van der Waals surface area contributed by atoms with Crippen LogP contribution in [0.2, 0.25) is 0 Å². The third kappa shape index (κ3) is 4.91. The van der Waals surface area contributed by atoms with Gasteiger partial charge in [0.05, 0.1) is 0 Å². The molecule has 7 heteroatoms. The average molecular weight is 228 g/mol. The first kappa shape index (κ1) is 13.8. The van der Waals surface area contributed by atoms with E-state index in [4.69, 9.17) is 15.9 Å². The Morgan fingerprint density at radius 2 is 1.81 bits per heavy atom. The Balaban J connectivity index is 4.50. The van der Waals surface area contributed by atoms with E-state index in [1.54, 1.807) is 0 Å². The summed E-state index contributed by atoms with van der Waals surface area (Å²) in [4.78, 5) is 31.1. The highest BCUT2D eigenvalue weighted by atomic mass is 16.4. The first-order valence-electron chi connectivity index (χ1n) is 4.13. The number of hydrogen-bond donors (Lipinski definition) is 3. The van der Waals surface area contributed by atoms with Gasteiger partial charge in [-0.15, -0.1) is 6.26 Å². The fourth-order valence-electron chi connectivity index (χ4n) is 0.751. The van der Waals surface area contributed by atoms with Crippen molar-refractivity contribution in [3.63, 3.8) is 0 Å². The van der Waals surface area contributed by atoms with Crippen LogP contribution < -0.4 is 10.8 Å². The molecule has 0 aliphatic rings. The number of carboxylic acid groups (broad SMARTS) is 2. The van der Waals surface area contributed by atoms with Crippen LogP contribution in [-0.4, -0.2) is 34.0 Å². The zero-order valence-corrected chi connectivity index (χ0v) is 8.12. The standard InChI is InChI=1S/C9H11NO6/c10-6(8(13)14)3-5(4-11)1-2-7(12)9(15)16/h1-2,4,6,11H,3,10H2,(H,13,14)(H,15,16)/p-1/t6-/m0/s1. The number of rotatable bonds is 6. The third-order valence-electron chi connectivity index (χ3n) is 1.58. The van der Waals surface area contributed by atoms with Crippen molar-refractivity contribution in [3.05, 3.63) is 24.0 Å². The lowest BCUT2D eigenvalue weighted by Crippen LogP contribution is -2.30. The van der Waals surface area contributed by atoms with Crippen LogP contribution in [0.25, 0.3) is 0 Å². The van der Waals surface area contributed by atoms with Crippen LogP contribution in [0.15, 0.2) is 24.0 Å².